The monoisotopic (exact) mass is 520 g/mol. The molecular weight excluding hydrogens is 496 g/mol. The molecule has 4 aromatic rings. The highest BCUT2D eigenvalue weighted by molar-refractivity contribution is 9.10. The number of rotatable bonds is 5. The van der Waals surface area contributed by atoms with Crippen molar-refractivity contribution in [2.24, 2.45) is 0 Å². The Balaban J connectivity index is 1.49. The second kappa shape index (κ2) is 9.42. The van der Waals surface area contributed by atoms with Crippen LogP contribution in [0.25, 0.3) is 22.3 Å². The maximum Gasteiger partial charge on any atom is 0.236 e. The first-order valence-electron chi connectivity index (χ1n) is 11.3. The van der Waals surface area contributed by atoms with Gasteiger partial charge in [-0.3, -0.25) is 4.79 Å². The molecule has 1 saturated heterocycles. The van der Waals surface area contributed by atoms with Crippen LogP contribution < -0.4 is 10.5 Å². The van der Waals surface area contributed by atoms with Crippen LogP contribution in [0, 0.1) is 0 Å². The molecule has 0 saturated carbocycles. The number of nitrogens with two attached hydrogens (primary N) is 1. The zero-order valence-corrected chi connectivity index (χ0v) is 20.4. The number of halogens is 1. The third-order valence-corrected chi connectivity index (χ3v) is 6.41. The van der Waals surface area contributed by atoms with Gasteiger partial charge in [0, 0.05) is 18.7 Å². The molecule has 1 aliphatic heterocycles. The predicted molar refractivity (Wildman–Crippen MR) is 135 cm³/mol. The fourth-order valence-corrected chi connectivity index (χ4v) is 4.65. The number of fused-ring (bicyclic) bond motifs is 1. The van der Waals surface area contributed by atoms with Crippen molar-refractivity contribution in [1.29, 1.82) is 0 Å². The molecule has 9 heteroatoms. The van der Waals surface area contributed by atoms with Crippen molar-refractivity contribution in [1.82, 2.24) is 24.6 Å². The second-order valence-corrected chi connectivity index (χ2v) is 9.76. The van der Waals surface area contributed by atoms with Gasteiger partial charge in [0.2, 0.25) is 5.91 Å². The fourth-order valence-electron chi connectivity index (χ4n) is 4.36. The van der Waals surface area contributed by atoms with Crippen molar-refractivity contribution < 1.29 is 9.53 Å². The number of carbonyl (C=O) groups excluding carboxylic acids is 1. The summed E-state index contributed by atoms with van der Waals surface area (Å²) in [7, 11) is 0. The quantitative estimate of drug-likeness (QED) is 0.379. The number of hydrogen-bond acceptors (Lipinski definition) is 6. The molecule has 2 aromatic carbocycles. The molecule has 8 nitrogen and oxygen atoms in total. The van der Waals surface area contributed by atoms with E-state index in [0.717, 1.165) is 47.5 Å². The van der Waals surface area contributed by atoms with Gasteiger partial charge in [-0.05, 0) is 56.2 Å². The van der Waals surface area contributed by atoms with Gasteiger partial charge in [0.05, 0.1) is 16.3 Å². The molecule has 0 radical (unpaired) electrons. The number of carbonyl (C=O) groups is 1. The topological polar surface area (TPSA) is 99.2 Å². The first-order chi connectivity index (χ1) is 16.5. The first kappa shape index (κ1) is 22.3. The molecular formula is C25H25BrN6O2. The van der Waals surface area contributed by atoms with E-state index in [1.54, 1.807) is 0 Å². The van der Waals surface area contributed by atoms with E-state index in [0.29, 0.717) is 18.0 Å². The van der Waals surface area contributed by atoms with Crippen molar-refractivity contribution in [2.75, 3.05) is 18.8 Å². The van der Waals surface area contributed by atoms with Crippen LogP contribution in [0.2, 0.25) is 0 Å². The lowest BCUT2D eigenvalue weighted by atomic mass is 10.1. The molecule has 3 heterocycles. The first-order valence-corrected chi connectivity index (χ1v) is 12.2. The molecule has 0 bridgehead atoms. The number of hydrogen-bond donors (Lipinski definition) is 1. The summed E-state index contributed by atoms with van der Waals surface area (Å²) in [4.78, 5) is 23.0. The van der Waals surface area contributed by atoms with Crippen LogP contribution in [0.4, 0.5) is 5.82 Å². The maximum absolute atomic E-state index is 12.6. The number of anilines is 1. The van der Waals surface area contributed by atoms with Gasteiger partial charge in [0.15, 0.2) is 5.65 Å². The number of nitrogen functional groups attached to an aromatic ring is 1. The minimum atomic E-state index is -0.217. The van der Waals surface area contributed by atoms with E-state index >= 15 is 0 Å². The Labute approximate surface area is 205 Å². The highest BCUT2D eigenvalue weighted by Gasteiger charge is 2.29. The Morgan fingerprint density at radius 1 is 1.12 bits per heavy atom. The van der Waals surface area contributed by atoms with Crippen molar-refractivity contribution in [3.8, 4) is 22.8 Å². The van der Waals surface area contributed by atoms with Gasteiger partial charge in [-0.1, -0.05) is 34.1 Å². The Morgan fingerprint density at radius 2 is 1.85 bits per heavy atom. The summed E-state index contributed by atoms with van der Waals surface area (Å²) in [5.41, 5.74) is 8.57. The molecule has 5 rings (SSSR count). The lowest BCUT2D eigenvalue weighted by molar-refractivity contribution is -0.131. The molecule has 34 heavy (non-hydrogen) atoms. The standard InChI is InChI=1S/C25H25BrN6O2/c1-16(26)25(33)31-13-5-6-18(14-31)32-24-21(23(27)28-15-29-24)22(30-32)17-9-11-20(12-10-17)34-19-7-3-2-4-8-19/h2-4,7-12,15-16,18H,5-6,13-14H2,1H3,(H2,27,28,29). The normalized spacial score (nSPS) is 17.0. The second-order valence-electron chi connectivity index (χ2n) is 8.39. The highest BCUT2D eigenvalue weighted by Crippen LogP contribution is 2.35. The van der Waals surface area contributed by atoms with E-state index in [-0.39, 0.29) is 16.8 Å². The number of ether oxygens (including phenoxy) is 1. The van der Waals surface area contributed by atoms with Crippen LogP contribution in [0.5, 0.6) is 11.5 Å². The van der Waals surface area contributed by atoms with Crippen molar-refractivity contribution >= 4 is 38.7 Å². The number of benzene rings is 2. The summed E-state index contributed by atoms with van der Waals surface area (Å²) in [6, 6.07) is 17.4. The van der Waals surface area contributed by atoms with Crippen molar-refractivity contribution in [3.05, 3.63) is 60.9 Å². The molecule has 1 fully saturated rings. The number of piperidine rings is 1. The average Bonchev–Trinajstić information content (AvgIpc) is 3.26. The molecule has 2 atom stereocenters. The summed E-state index contributed by atoms with van der Waals surface area (Å²) in [5.74, 6) is 1.98. The van der Waals surface area contributed by atoms with E-state index < -0.39 is 0 Å². The van der Waals surface area contributed by atoms with Gasteiger partial charge in [-0.2, -0.15) is 5.10 Å². The maximum atomic E-state index is 12.6. The lowest BCUT2D eigenvalue weighted by Crippen LogP contribution is -2.43. The Bertz CT molecular complexity index is 1310. The van der Waals surface area contributed by atoms with E-state index in [1.807, 2.05) is 71.1 Å². The summed E-state index contributed by atoms with van der Waals surface area (Å²) in [6.07, 6.45) is 3.27. The van der Waals surface area contributed by atoms with E-state index in [2.05, 4.69) is 25.9 Å². The molecule has 2 unspecified atom stereocenters. The summed E-state index contributed by atoms with van der Waals surface area (Å²) in [6.45, 7) is 3.18. The van der Waals surface area contributed by atoms with Gasteiger partial charge in [0.1, 0.15) is 29.3 Å². The van der Waals surface area contributed by atoms with Crippen LogP contribution in [0.15, 0.2) is 60.9 Å². The number of aromatic nitrogens is 4. The molecule has 2 aromatic heterocycles. The number of para-hydroxylation sites is 1. The Kier molecular flexibility index (Phi) is 6.19. The molecule has 1 amide bonds. The summed E-state index contributed by atoms with van der Waals surface area (Å²) >= 11 is 3.40. The average molecular weight is 521 g/mol. The van der Waals surface area contributed by atoms with Crippen molar-refractivity contribution in [2.45, 2.75) is 30.6 Å². The minimum Gasteiger partial charge on any atom is -0.457 e. The van der Waals surface area contributed by atoms with Gasteiger partial charge < -0.3 is 15.4 Å². The van der Waals surface area contributed by atoms with Crippen LogP contribution in [0.3, 0.4) is 0 Å². The predicted octanol–water partition coefficient (Wildman–Crippen LogP) is 4.81. The number of nitrogens with zero attached hydrogens (tertiary/aromatic N) is 5. The number of likely N-dealkylation sites (tertiary alicyclic amines) is 1. The van der Waals surface area contributed by atoms with Crippen molar-refractivity contribution in [3.63, 3.8) is 0 Å². The smallest absolute Gasteiger partial charge is 0.236 e. The van der Waals surface area contributed by atoms with Gasteiger partial charge in [-0.15, -0.1) is 0 Å². The third kappa shape index (κ3) is 4.35. The molecule has 0 spiro atoms. The van der Waals surface area contributed by atoms with Gasteiger partial charge >= 0.3 is 0 Å². The molecule has 1 aliphatic rings. The molecule has 2 N–H and O–H groups in total. The van der Waals surface area contributed by atoms with Gasteiger partial charge in [-0.25, -0.2) is 14.6 Å². The van der Waals surface area contributed by atoms with Crippen LogP contribution >= 0.6 is 15.9 Å². The fraction of sp³-hybridized carbons (Fsp3) is 0.280. The van der Waals surface area contributed by atoms with E-state index in [9.17, 15) is 4.79 Å². The Hall–Kier alpha value is -3.46. The third-order valence-electron chi connectivity index (χ3n) is 6.02. The highest BCUT2D eigenvalue weighted by atomic mass is 79.9. The summed E-state index contributed by atoms with van der Waals surface area (Å²) < 4.78 is 7.83. The molecule has 0 aliphatic carbocycles. The summed E-state index contributed by atoms with van der Waals surface area (Å²) in [5, 5.41) is 5.66. The Morgan fingerprint density at radius 3 is 2.59 bits per heavy atom. The van der Waals surface area contributed by atoms with E-state index in [1.165, 1.54) is 6.33 Å². The minimum absolute atomic E-state index is 0.00943. The zero-order chi connectivity index (χ0) is 23.7. The zero-order valence-electron chi connectivity index (χ0n) is 18.8. The number of alkyl halides is 1. The van der Waals surface area contributed by atoms with Crippen LogP contribution in [-0.2, 0) is 4.79 Å². The van der Waals surface area contributed by atoms with Crippen LogP contribution in [0.1, 0.15) is 25.8 Å². The van der Waals surface area contributed by atoms with E-state index in [4.69, 9.17) is 15.6 Å². The largest absolute Gasteiger partial charge is 0.457 e. The number of amides is 1. The lowest BCUT2D eigenvalue weighted by Gasteiger charge is -2.33. The SMILES string of the molecule is CC(Br)C(=O)N1CCCC(n2nc(-c3ccc(Oc4ccccc4)cc3)c3c(N)ncnc32)C1. The van der Waals surface area contributed by atoms with Crippen LogP contribution in [-0.4, -0.2) is 48.5 Å². The van der Waals surface area contributed by atoms with Gasteiger partial charge in [0.25, 0.3) is 0 Å². The molecule has 174 valence electrons.